The monoisotopic (exact) mass is 328 g/mol. The number of rotatable bonds is 5. The molecule has 1 N–H and O–H groups in total. The number of nitrogens with zero attached hydrogens (tertiary/aromatic N) is 1. The van der Waals surface area contributed by atoms with Crippen LogP contribution in [-0.2, 0) is 17.6 Å². The van der Waals surface area contributed by atoms with Crippen LogP contribution >= 0.6 is 22.7 Å². The molecule has 1 aromatic carbocycles. The number of thiazole rings is 1. The average molecular weight is 328 g/mol. The molecule has 0 spiro atoms. The van der Waals surface area contributed by atoms with Crippen molar-refractivity contribution in [1.29, 1.82) is 0 Å². The van der Waals surface area contributed by atoms with Gasteiger partial charge in [0.15, 0.2) is 0 Å². The normalized spacial score (nSPS) is 10.6. The van der Waals surface area contributed by atoms with Gasteiger partial charge in [-0.05, 0) is 35.6 Å². The Balaban J connectivity index is 1.61. The molecule has 0 saturated heterocycles. The summed E-state index contributed by atoms with van der Waals surface area (Å²) >= 11 is 3.24. The molecule has 0 bridgehead atoms. The van der Waals surface area contributed by atoms with E-state index in [0.717, 1.165) is 27.7 Å². The van der Waals surface area contributed by atoms with Crippen molar-refractivity contribution in [2.45, 2.75) is 19.8 Å². The number of aryl methyl sites for hydroxylation is 1. The number of carbonyl (C=O) groups is 1. The second kappa shape index (κ2) is 6.85. The van der Waals surface area contributed by atoms with Crippen LogP contribution in [0.4, 0.5) is 5.69 Å². The summed E-state index contributed by atoms with van der Waals surface area (Å²) in [4.78, 5) is 17.8. The highest BCUT2D eigenvalue weighted by atomic mass is 32.1. The number of carbonyl (C=O) groups excluding carboxylic acids is 1. The summed E-state index contributed by atoms with van der Waals surface area (Å²) in [7, 11) is 0. The lowest BCUT2D eigenvalue weighted by Gasteiger charge is -2.04. The molecule has 112 valence electrons. The lowest BCUT2D eigenvalue weighted by molar-refractivity contribution is -0.115. The molecular formula is C17H16N2OS2. The molecule has 1 amide bonds. The van der Waals surface area contributed by atoms with Gasteiger partial charge < -0.3 is 5.32 Å². The van der Waals surface area contributed by atoms with Crippen molar-refractivity contribution in [1.82, 2.24) is 4.98 Å². The van der Waals surface area contributed by atoms with Crippen LogP contribution in [0.5, 0.6) is 0 Å². The maximum atomic E-state index is 12.1. The van der Waals surface area contributed by atoms with Crippen LogP contribution in [0.3, 0.4) is 0 Å². The standard InChI is InChI=1S/C17H16N2OS2/c1-2-12-5-7-13(8-6-12)18-16(20)10-14-11-22-17(19-14)15-4-3-9-21-15/h3-9,11H,2,10H2,1H3,(H,18,20). The Labute approximate surface area is 137 Å². The SMILES string of the molecule is CCc1ccc(NC(=O)Cc2csc(-c3cccs3)n2)cc1. The molecule has 2 heterocycles. The first-order valence-electron chi connectivity index (χ1n) is 7.11. The van der Waals surface area contributed by atoms with E-state index in [0.29, 0.717) is 6.42 Å². The summed E-state index contributed by atoms with van der Waals surface area (Å²) in [6, 6.07) is 12.0. The largest absolute Gasteiger partial charge is 0.326 e. The summed E-state index contributed by atoms with van der Waals surface area (Å²) in [5, 5.41) is 7.87. The molecule has 3 rings (SSSR count). The van der Waals surface area contributed by atoms with Crippen molar-refractivity contribution in [2.24, 2.45) is 0 Å². The summed E-state index contributed by atoms with van der Waals surface area (Å²) in [6.45, 7) is 2.11. The van der Waals surface area contributed by atoms with Crippen molar-refractivity contribution in [3.05, 3.63) is 58.4 Å². The van der Waals surface area contributed by atoms with Crippen LogP contribution in [0.15, 0.2) is 47.2 Å². The minimum atomic E-state index is -0.0349. The number of aromatic nitrogens is 1. The van der Waals surface area contributed by atoms with Gasteiger partial charge >= 0.3 is 0 Å². The smallest absolute Gasteiger partial charge is 0.230 e. The van der Waals surface area contributed by atoms with E-state index in [1.54, 1.807) is 22.7 Å². The van der Waals surface area contributed by atoms with Crippen molar-refractivity contribution >= 4 is 34.3 Å². The Kier molecular flexibility index (Phi) is 4.65. The second-order valence-electron chi connectivity index (χ2n) is 4.90. The highest BCUT2D eigenvalue weighted by molar-refractivity contribution is 7.20. The van der Waals surface area contributed by atoms with Crippen molar-refractivity contribution in [3.8, 4) is 9.88 Å². The molecule has 0 atom stereocenters. The van der Waals surface area contributed by atoms with E-state index >= 15 is 0 Å². The first-order chi connectivity index (χ1) is 10.7. The molecule has 0 radical (unpaired) electrons. The maximum Gasteiger partial charge on any atom is 0.230 e. The van der Waals surface area contributed by atoms with Crippen LogP contribution in [-0.4, -0.2) is 10.9 Å². The number of amides is 1. The minimum absolute atomic E-state index is 0.0349. The molecule has 0 aliphatic rings. The summed E-state index contributed by atoms with van der Waals surface area (Å²) in [6.07, 6.45) is 1.30. The van der Waals surface area contributed by atoms with Crippen LogP contribution in [0.25, 0.3) is 9.88 Å². The van der Waals surface area contributed by atoms with Crippen molar-refractivity contribution in [3.63, 3.8) is 0 Å². The van der Waals surface area contributed by atoms with E-state index < -0.39 is 0 Å². The van der Waals surface area contributed by atoms with Gasteiger partial charge in [0.05, 0.1) is 17.0 Å². The van der Waals surface area contributed by atoms with E-state index in [-0.39, 0.29) is 5.91 Å². The van der Waals surface area contributed by atoms with Crippen LogP contribution in [0.2, 0.25) is 0 Å². The zero-order valence-corrected chi connectivity index (χ0v) is 13.8. The van der Waals surface area contributed by atoms with Gasteiger partial charge in [-0.3, -0.25) is 4.79 Å². The topological polar surface area (TPSA) is 42.0 Å². The lowest BCUT2D eigenvalue weighted by Crippen LogP contribution is -2.14. The maximum absolute atomic E-state index is 12.1. The Morgan fingerprint density at radius 1 is 1.18 bits per heavy atom. The van der Waals surface area contributed by atoms with Crippen LogP contribution < -0.4 is 5.32 Å². The number of thiophene rings is 1. The van der Waals surface area contributed by atoms with E-state index in [2.05, 4.69) is 17.2 Å². The number of anilines is 1. The Bertz CT molecular complexity index is 745. The van der Waals surface area contributed by atoms with Crippen molar-refractivity contribution in [2.75, 3.05) is 5.32 Å². The number of hydrogen-bond acceptors (Lipinski definition) is 4. The van der Waals surface area contributed by atoms with E-state index in [1.165, 1.54) is 5.56 Å². The predicted molar refractivity (Wildman–Crippen MR) is 93.6 cm³/mol. The number of nitrogens with one attached hydrogen (secondary N) is 1. The highest BCUT2D eigenvalue weighted by Crippen LogP contribution is 2.27. The molecule has 3 nitrogen and oxygen atoms in total. The lowest BCUT2D eigenvalue weighted by atomic mass is 10.1. The average Bonchev–Trinajstić information content (AvgIpc) is 3.19. The first-order valence-corrected chi connectivity index (χ1v) is 8.87. The molecule has 3 aromatic rings. The number of hydrogen-bond donors (Lipinski definition) is 1. The molecule has 0 aliphatic heterocycles. The number of benzene rings is 1. The third-order valence-corrected chi connectivity index (χ3v) is 5.20. The third kappa shape index (κ3) is 3.61. The third-order valence-electron chi connectivity index (χ3n) is 3.27. The van der Waals surface area contributed by atoms with Crippen LogP contribution in [0.1, 0.15) is 18.2 Å². The van der Waals surface area contributed by atoms with E-state index in [1.807, 2.05) is 47.2 Å². The molecule has 5 heteroatoms. The van der Waals surface area contributed by atoms with Crippen LogP contribution in [0, 0.1) is 0 Å². The van der Waals surface area contributed by atoms with Gasteiger partial charge in [-0.1, -0.05) is 25.1 Å². The quantitative estimate of drug-likeness (QED) is 0.743. The summed E-state index contributed by atoms with van der Waals surface area (Å²) < 4.78 is 0. The molecule has 22 heavy (non-hydrogen) atoms. The first kappa shape index (κ1) is 14.9. The second-order valence-corrected chi connectivity index (χ2v) is 6.70. The van der Waals surface area contributed by atoms with Gasteiger partial charge in [-0.2, -0.15) is 0 Å². The van der Waals surface area contributed by atoms with Gasteiger partial charge in [-0.25, -0.2) is 4.98 Å². The fraction of sp³-hybridized carbons (Fsp3) is 0.176. The molecule has 0 fully saturated rings. The molecule has 0 unspecified atom stereocenters. The van der Waals surface area contributed by atoms with Gasteiger partial charge in [0.1, 0.15) is 5.01 Å². The van der Waals surface area contributed by atoms with Gasteiger partial charge in [0, 0.05) is 11.1 Å². The zero-order chi connectivity index (χ0) is 15.4. The van der Waals surface area contributed by atoms with E-state index in [9.17, 15) is 4.79 Å². The molecular weight excluding hydrogens is 312 g/mol. The zero-order valence-electron chi connectivity index (χ0n) is 12.2. The molecule has 0 aliphatic carbocycles. The fourth-order valence-electron chi connectivity index (χ4n) is 2.10. The molecule has 0 saturated carbocycles. The Hall–Kier alpha value is -1.98. The minimum Gasteiger partial charge on any atom is -0.326 e. The summed E-state index contributed by atoms with van der Waals surface area (Å²) in [5.41, 5.74) is 2.91. The van der Waals surface area contributed by atoms with Crippen molar-refractivity contribution < 1.29 is 4.79 Å². The molecule has 2 aromatic heterocycles. The van der Waals surface area contributed by atoms with Gasteiger partial charge in [-0.15, -0.1) is 22.7 Å². The highest BCUT2D eigenvalue weighted by Gasteiger charge is 2.10. The van der Waals surface area contributed by atoms with Gasteiger partial charge in [0.2, 0.25) is 5.91 Å². The van der Waals surface area contributed by atoms with E-state index in [4.69, 9.17) is 0 Å². The van der Waals surface area contributed by atoms with Gasteiger partial charge in [0.25, 0.3) is 0 Å². The Morgan fingerprint density at radius 3 is 2.68 bits per heavy atom. The summed E-state index contributed by atoms with van der Waals surface area (Å²) in [5.74, 6) is -0.0349. The predicted octanol–water partition coefficient (Wildman–Crippen LogP) is 4.62. The Morgan fingerprint density at radius 2 is 2.00 bits per heavy atom. The fourth-order valence-corrected chi connectivity index (χ4v) is 3.73.